The molecule has 0 fully saturated rings. The van der Waals surface area contributed by atoms with Gasteiger partial charge in [0.15, 0.2) is 0 Å². The van der Waals surface area contributed by atoms with Gasteiger partial charge in [0.05, 0.1) is 7.11 Å². The summed E-state index contributed by atoms with van der Waals surface area (Å²) in [7, 11) is 1.60. The third-order valence-electron chi connectivity index (χ3n) is 2.58. The topological polar surface area (TPSA) is 73.6 Å². The van der Waals surface area contributed by atoms with Crippen molar-refractivity contribution in [2.75, 3.05) is 12.4 Å². The second kappa shape index (κ2) is 6.35. The minimum Gasteiger partial charge on any atom is -0.496 e. The van der Waals surface area contributed by atoms with Crippen LogP contribution in [0.4, 0.5) is 10.5 Å². The smallest absolute Gasteiger partial charge is 0.412 e. The number of hydrogen-bond acceptors (Lipinski definition) is 4. The Morgan fingerprint density at radius 3 is 2.33 bits per heavy atom. The Morgan fingerprint density at radius 1 is 1.24 bits per heavy atom. The molecule has 5 nitrogen and oxygen atoms in total. The van der Waals surface area contributed by atoms with Gasteiger partial charge in [-0.2, -0.15) is 0 Å². The first-order chi connectivity index (χ1) is 9.50. The Balaban J connectivity index is 2.85. The van der Waals surface area contributed by atoms with Gasteiger partial charge >= 0.3 is 6.09 Å². The maximum Gasteiger partial charge on any atom is 0.412 e. The summed E-state index contributed by atoms with van der Waals surface area (Å²) >= 11 is 0. The quantitative estimate of drug-likeness (QED) is 0.893. The van der Waals surface area contributed by atoms with Gasteiger partial charge in [-0.25, -0.2) is 4.79 Å². The van der Waals surface area contributed by atoms with Crippen molar-refractivity contribution in [2.24, 2.45) is 5.73 Å². The highest BCUT2D eigenvalue weighted by atomic mass is 16.6. The van der Waals surface area contributed by atoms with Crippen LogP contribution >= 0.6 is 0 Å². The lowest BCUT2D eigenvalue weighted by molar-refractivity contribution is 0.0636. The second-order valence-corrected chi connectivity index (χ2v) is 6.82. The van der Waals surface area contributed by atoms with E-state index in [9.17, 15) is 4.79 Å². The van der Waals surface area contributed by atoms with E-state index in [0.29, 0.717) is 17.9 Å². The van der Waals surface area contributed by atoms with Crippen LogP contribution in [0, 0.1) is 0 Å². The zero-order chi connectivity index (χ0) is 16.3. The minimum absolute atomic E-state index is 0.326. The molecule has 0 heterocycles. The third-order valence-corrected chi connectivity index (χ3v) is 2.58. The molecule has 1 amide bonds. The summed E-state index contributed by atoms with van der Waals surface area (Å²) in [5, 5.41) is 2.69. The largest absolute Gasteiger partial charge is 0.496 e. The molecule has 0 aromatic heterocycles. The van der Waals surface area contributed by atoms with Crippen LogP contribution in [0.5, 0.6) is 5.75 Å². The average molecular weight is 294 g/mol. The Hall–Kier alpha value is -1.75. The van der Waals surface area contributed by atoms with E-state index < -0.39 is 11.7 Å². The molecule has 1 aromatic rings. The predicted molar refractivity (Wildman–Crippen MR) is 84.8 cm³/mol. The monoisotopic (exact) mass is 294 g/mol. The Morgan fingerprint density at radius 2 is 1.86 bits per heavy atom. The van der Waals surface area contributed by atoms with Crippen LogP contribution < -0.4 is 15.8 Å². The molecule has 0 unspecified atom stereocenters. The van der Waals surface area contributed by atoms with E-state index in [-0.39, 0.29) is 5.54 Å². The van der Waals surface area contributed by atoms with Crippen molar-refractivity contribution in [1.82, 2.24) is 0 Å². The molecule has 0 saturated heterocycles. The van der Waals surface area contributed by atoms with Gasteiger partial charge in [-0.1, -0.05) is 6.07 Å². The Kier molecular flexibility index (Phi) is 5.23. The van der Waals surface area contributed by atoms with Crippen LogP contribution in [-0.4, -0.2) is 24.3 Å². The zero-order valence-electron chi connectivity index (χ0n) is 13.7. The molecular formula is C16H26N2O3. The van der Waals surface area contributed by atoms with Gasteiger partial charge in [-0.05, 0) is 52.7 Å². The van der Waals surface area contributed by atoms with Crippen molar-refractivity contribution in [3.8, 4) is 5.75 Å². The second-order valence-electron chi connectivity index (χ2n) is 6.82. The molecule has 21 heavy (non-hydrogen) atoms. The summed E-state index contributed by atoms with van der Waals surface area (Å²) in [6, 6.07) is 5.48. The van der Waals surface area contributed by atoms with Crippen LogP contribution in [-0.2, 0) is 11.2 Å². The van der Waals surface area contributed by atoms with Crippen molar-refractivity contribution in [2.45, 2.75) is 52.2 Å². The van der Waals surface area contributed by atoms with E-state index >= 15 is 0 Å². The molecular weight excluding hydrogens is 268 g/mol. The van der Waals surface area contributed by atoms with Crippen molar-refractivity contribution in [3.63, 3.8) is 0 Å². The van der Waals surface area contributed by atoms with Crippen molar-refractivity contribution in [1.29, 1.82) is 0 Å². The van der Waals surface area contributed by atoms with Crippen LogP contribution in [0.25, 0.3) is 0 Å². The lowest BCUT2D eigenvalue weighted by Gasteiger charge is -2.21. The van der Waals surface area contributed by atoms with Gasteiger partial charge in [0.25, 0.3) is 0 Å². The molecule has 0 aliphatic carbocycles. The van der Waals surface area contributed by atoms with Crippen LogP contribution in [0.1, 0.15) is 40.2 Å². The summed E-state index contributed by atoms with van der Waals surface area (Å²) in [6.07, 6.45) is 0.194. The lowest BCUT2D eigenvalue weighted by Crippen LogP contribution is -2.34. The van der Waals surface area contributed by atoms with E-state index in [0.717, 1.165) is 5.56 Å². The number of amides is 1. The van der Waals surface area contributed by atoms with E-state index in [4.69, 9.17) is 15.2 Å². The molecule has 0 bridgehead atoms. The van der Waals surface area contributed by atoms with E-state index in [2.05, 4.69) is 5.32 Å². The highest BCUT2D eigenvalue weighted by molar-refractivity contribution is 5.85. The van der Waals surface area contributed by atoms with Crippen molar-refractivity contribution < 1.29 is 14.3 Å². The number of benzene rings is 1. The van der Waals surface area contributed by atoms with Gasteiger partial charge in [0.2, 0.25) is 0 Å². The molecule has 3 N–H and O–H groups in total. The lowest BCUT2D eigenvalue weighted by atomic mass is 9.95. The van der Waals surface area contributed by atoms with Crippen LogP contribution in [0.2, 0.25) is 0 Å². The number of ether oxygens (including phenoxy) is 2. The molecule has 0 aliphatic rings. The van der Waals surface area contributed by atoms with Gasteiger partial charge in [0.1, 0.15) is 11.4 Å². The Labute approximate surface area is 126 Å². The Bertz CT molecular complexity index is 499. The third kappa shape index (κ3) is 6.49. The van der Waals surface area contributed by atoms with E-state index in [1.807, 2.05) is 46.8 Å². The fourth-order valence-electron chi connectivity index (χ4n) is 1.88. The van der Waals surface area contributed by atoms with Crippen molar-refractivity contribution >= 4 is 11.8 Å². The van der Waals surface area contributed by atoms with Crippen LogP contribution in [0.15, 0.2) is 18.2 Å². The summed E-state index contributed by atoms with van der Waals surface area (Å²) in [4.78, 5) is 11.7. The summed E-state index contributed by atoms with van der Waals surface area (Å²) in [5.74, 6) is 0.696. The molecule has 0 radical (unpaired) electrons. The number of methoxy groups -OCH3 is 1. The minimum atomic E-state index is -0.530. The van der Waals surface area contributed by atoms with E-state index in [1.54, 1.807) is 13.2 Å². The summed E-state index contributed by atoms with van der Waals surface area (Å²) in [5.41, 5.74) is 6.80. The molecule has 0 atom stereocenters. The first-order valence-electron chi connectivity index (χ1n) is 6.96. The highest BCUT2D eigenvalue weighted by Crippen LogP contribution is 2.26. The SMILES string of the molecule is COc1cc(NC(=O)OC(C)(C)C)ccc1CC(C)(C)N. The van der Waals surface area contributed by atoms with Crippen molar-refractivity contribution in [3.05, 3.63) is 23.8 Å². The summed E-state index contributed by atoms with van der Waals surface area (Å²) in [6.45, 7) is 9.37. The number of nitrogens with two attached hydrogens (primary N) is 1. The van der Waals surface area contributed by atoms with E-state index in [1.165, 1.54) is 0 Å². The molecule has 118 valence electrons. The fourth-order valence-corrected chi connectivity index (χ4v) is 1.88. The van der Waals surface area contributed by atoms with Gasteiger partial charge < -0.3 is 15.2 Å². The molecule has 1 aromatic carbocycles. The first-order valence-corrected chi connectivity index (χ1v) is 6.96. The first kappa shape index (κ1) is 17.3. The number of anilines is 1. The molecule has 0 saturated carbocycles. The standard InChI is InChI=1S/C16H26N2O3/c1-15(2,3)21-14(19)18-12-8-7-11(10-16(4,5)17)13(9-12)20-6/h7-9H,10,17H2,1-6H3,(H,18,19). The summed E-state index contributed by atoms with van der Waals surface area (Å²) < 4.78 is 10.6. The van der Waals surface area contributed by atoms with Gasteiger partial charge in [0, 0.05) is 17.3 Å². The number of rotatable bonds is 4. The fraction of sp³-hybridized carbons (Fsp3) is 0.562. The maximum atomic E-state index is 11.7. The number of hydrogen-bond donors (Lipinski definition) is 2. The van der Waals surface area contributed by atoms with Gasteiger partial charge in [-0.3, -0.25) is 5.32 Å². The van der Waals surface area contributed by atoms with Gasteiger partial charge in [-0.15, -0.1) is 0 Å². The molecule has 0 aliphatic heterocycles. The number of nitrogens with one attached hydrogen (secondary N) is 1. The number of carbonyl (C=O) groups excluding carboxylic acids is 1. The molecule has 1 rings (SSSR count). The number of carbonyl (C=O) groups is 1. The van der Waals surface area contributed by atoms with Crippen LogP contribution in [0.3, 0.4) is 0 Å². The highest BCUT2D eigenvalue weighted by Gasteiger charge is 2.18. The normalized spacial score (nSPS) is 12.0. The average Bonchev–Trinajstić information content (AvgIpc) is 2.26. The zero-order valence-corrected chi connectivity index (χ0v) is 13.7. The maximum absolute atomic E-state index is 11.7. The molecule has 5 heteroatoms. The molecule has 0 spiro atoms. The predicted octanol–water partition coefficient (Wildman–Crippen LogP) is 3.32.